The molecular weight excluding hydrogens is 608 g/mol. The van der Waals surface area contributed by atoms with E-state index in [4.69, 9.17) is 14.2 Å². The number of allylic oxidation sites excluding steroid dienone is 2. The molecule has 9 nitrogen and oxygen atoms in total. The first kappa shape index (κ1) is 37.7. The van der Waals surface area contributed by atoms with E-state index in [1.54, 1.807) is 12.2 Å². The van der Waals surface area contributed by atoms with Crippen molar-refractivity contribution in [3.8, 4) is 5.75 Å². The summed E-state index contributed by atoms with van der Waals surface area (Å²) in [6.07, 6.45) is 5.45. The lowest BCUT2D eigenvalue weighted by atomic mass is 9.98. The lowest BCUT2D eigenvalue weighted by molar-refractivity contribution is -0.146. The van der Waals surface area contributed by atoms with Crippen LogP contribution in [0.5, 0.6) is 5.75 Å². The number of hydrogen-bond acceptors (Lipinski definition) is 7. The molecule has 0 fully saturated rings. The summed E-state index contributed by atoms with van der Waals surface area (Å²) in [7, 11) is 0. The molecule has 3 rings (SSSR count). The first-order valence-electron chi connectivity index (χ1n) is 16.4. The van der Waals surface area contributed by atoms with Gasteiger partial charge < -0.3 is 30.0 Å². The summed E-state index contributed by atoms with van der Waals surface area (Å²) in [6.45, 7) is 7.97. The van der Waals surface area contributed by atoms with E-state index in [-0.39, 0.29) is 56.9 Å². The molecule has 2 amide bonds. The number of unbranched alkanes of at least 4 members (excludes halogenated alkanes) is 1. The molecule has 0 aliphatic rings. The SMILES string of the molecule is C=CCCCC(=O)OC[C@H](COCc1ccccc1)NC(=O)[C@H](CC=C)CC(=O)N[C@H](CO)Cc1ccc(OCc2ccccc2)cc1. The normalized spacial score (nSPS) is 12.6. The van der Waals surface area contributed by atoms with Crippen molar-refractivity contribution in [2.75, 3.05) is 19.8 Å². The van der Waals surface area contributed by atoms with Crippen LogP contribution in [0.1, 0.15) is 48.8 Å². The minimum Gasteiger partial charge on any atom is -0.489 e. The Hall–Kier alpha value is -4.73. The zero-order valence-electron chi connectivity index (χ0n) is 27.6. The maximum Gasteiger partial charge on any atom is 0.305 e. The van der Waals surface area contributed by atoms with Crippen LogP contribution in [0.3, 0.4) is 0 Å². The van der Waals surface area contributed by atoms with Crippen molar-refractivity contribution in [1.29, 1.82) is 0 Å². The standard InChI is InChI=1S/C39H48N2O7/c1-3-5-8-18-38(44)48-29-35(28-46-26-31-14-9-6-10-15-31)41-39(45)33(13-4-2)24-37(43)40-34(25-42)23-30-19-21-36(22-20-30)47-27-32-16-11-7-12-17-32/h3-4,6-7,9-12,14-17,19-22,33-35,42H,1-2,5,8,13,18,23-29H2,(H,40,43)(H,41,45)/t33-,34+,35+/m1/s1. The quantitative estimate of drug-likeness (QED) is 0.0703. The van der Waals surface area contributed by atoms with Gasteiger partial charge in [-0.1, -0.05) is 84.9 Å². The maximum absolute atomic E-state index is 13.4. The zero-order chi connectivity index (χ0) is 34.4. The highest BCUT2D eigenvalue weighted by atomic mass is 16.5. The molecule has 0 unspecified atom stereocenters. The highest BCUT2D eigenvalue weighted by Crippen LogP contribution is 2.16. The van der Waals surface area contributed by atoms with Gasteiger partial charge in [0.15, 0.2) is 0 Å². The van der Waals surface area contributed by atoms with E-state index < -0.39 is 18.0 Å². The van der Waals surface area contributed by atoms with Crippen LogP contribution < -0.4 is 15.4 Å². The number of amides is 2. The van der Waals surface area contributed by atoms with E-state index in [0.29, 0.717) is 32.5 Å². The number of nitrogens with one attached hydrogen (secondary N) is 2. The molecule has 0 saturated heterocycles. The van der Waals surface area contributed by atoms with Crippen molar-refractivity contribution < 1.29 is 33.7 Å². The van der Waals surface area contributed by atoms with Crippen LogP contribution in [0.25, 0.3) is 0 Å². The van der Waals surface area contributed by atoms with Crippen molar-refractivity contribution in [3.63, 3.8) is 0 Å². The van der Waals surface area contributed by atoms with E-state index >= 15 is 0 Å². The number of rotatable bonds is 23. The van der Waals surface area contributed by atoms with Gasteiger partial charge in [-0.15, -0.1) is 13.2 Å². The fourth-order valence-corrected chi connectivity index (χ4v) is 4.90. The third-order valence-electron chi connectivity index (χ3n) is 7.50. The molecule has 0 radical (unpaired) electrons. The molecule has 3 aromatic rings. The number of carbonyl (C=O) groups is 3. The molecule has 256 valence electrons. The number of hydrogen-bond donors (Lipinski definition) is 3. The van der Waals surface area contributed by atoms with Gasteiger partial charge in [0.1, 0.15) is 19.0 Å². The summed E-state index contributed by atoms with van der Waals surface area (Å²) < 4.78 is 17.1. The molecule has 9 heteroatoms. The van der Waals surface area contributed by atoms with Crippen molar-refractivity contribution in [2.24, 2.45) is 5.92 Å². The molecule has 3 N–H and O–H groups in total. The van der Waals surface area contributed by atoms with Gasteiger partial charge in [0, 0.05) is 12.8 Å². The Morgan fingerprint density at radius 2 is 1.44 bits per heavy atom. The summed E-state index contributed by atoms with van der Waals surface area (Å²) in [5.41, 5.74) is 2.95. The van der Waals surface area contributed by atoms with Gasteiger partial charge >= 0.3 is 5.97 Å². The van der Waals surface area contributed by atoms with Crippen LogP contribution in [-0.4, -0.2) is 54.8 Å². The molecule has 0 heterocycles. The van der Waals surface area contributed by atoms with Crippen molar-refractivity contribution in [1.82, 2.24) is 10.6 Å². The first-order valence-corrected chi connectivity index (χ1v) is 16.4. The largest absolute Gasteiger partial charge is 0.489 e. The van der Waals surface area contributed by atoms with Crippen LogP contribution in [0.15, 0.2) is 110 Å². The molecule has 0 aliphatic carbocycles. The van der Waals surface area contributed by atoms with Gasteiger partial charge in [0.25, 0.3) is 0 Å². The van der Waals surface area contributed by atoms with Gasteiger partial charge in [-0.2, -0.15) is 0 Å². The Morgan fingerprint density at radius 3 is 2.06 bits per heavy atom. The molecule has 3 aromatic carbocycles. The Balaban J connectivity index is 1.53. The van der Waals surface area contributed by atoms with E-state index in [2.05, 4.69) is 23.8 Å². The van der Waals surface area contributed by atoms with Gasteiger partial charge in [-0.3, -0.25) is 14.4 Å². The Kier molecular flexibility index (Phi) is 17.3. The smallest absolute Gasteiger partial charge is 0.305 e. The molecule has 0 saturated carbocycles. The van der Waals surface area contributed by atoms with Gasteiger partial charge in [-0.25, -0.2) is 0 Å². The summed E-state index contributed by atoms with van der Waals surface area (Å²) >= 11 is 0. The lowest BCUT2D eigenvalue weighted by Gasteiger charge is -2.23. The predicted octanol–water partition coefficient (Wildman–Crippen LogP) is 5.47. The Labute approximate surface area is 284 Å². The molecule has 0 spiro atoms. The zero-order valence-corrected chi connectivity index (χ0v) is 27.6. The fraction of sp³-hybridized carbons (Fsp3) is 0.359. The van der Waals surface area contributed by atoms with Crippen LogP contribution in [-0.2, 0) is 43.5 Å². The second kappa shape index (κ2) is 22.0. The molecular formula is C39H48N2O7. The maximum atomic E-state index is 13.4. The second-order valence-corrected chi connectivity index (χ2v) is 11.6. The molecule has 3 atom stereocenters. The van der Waals surface area contributed by atoms with Crippen LogP contribution >= 0.6 is 0 Å². The van der Waals surface area contributed by atoms with Gasteiger partial charge in [0.05, 0.1) is 37.8 Å². The van der Waals surface area contributed by atoms with E-state index in [9.17, 15) is 19.5 Å². The van der Waals surface area contributed by atoms with Crippen LogP contribution in [0.2, 0.25) is 0 Å². The van der Waals surface area contributed by atoms with Crippen molar-refractivity contribution in [2.45, 2.75) is 63.8 Å². The fourth-order valence-electron chi connectivity index (χ4n) is 4.90. The first-order chi connectivity index (χ1) is 23.4. The van der Waals surface area contributed by atoms with E-state index in [1.165, 1.54) is 0 Å². The van der Waals surface area contributed by atoms with E-state index in [0.717, 1.165) is 22.4 Å². The Bertz CT molecular complexity index is 1400. The minimum absolute atomic E-state index is 0.0663. The number of aliphatic hydroxyl groups excluding tert-OH is 1. The highest BCUT2D eigenvalue weighted by molar-refractivity contribution is 5.86. The number of ether oxygens (including phenoxy) is 3. The Morgan fingerprint density at radius 1 is 0.771 bits per heavy atom. The second-order valence-electron chi connectivity index (χ2n) is 11.6. The average Bonchev–Trinajstić information content (AvgIpc) is 3.10. The van der Waals surface area contributed by atoms with Crippen LogP contribution in [0.4, 0.5) is 0 Å². The van der Waals surface area contributed by atoms with Gasteiger partial charge in [-0.05, 0) is 54.5 Å². The third-order valence-corrected chi connectivity index (χ3v) is 7.50. The lowest BCUT2D eigenvalue weighted by Crippen LogP contribution is -2.46. The summed E-state index contributed by atoms with van der Waals surface area (Å²) in [6, 6.07) is 25.8. The number of esters is 1. The van der Waals surface area contributed by atoms with Crippen molar-refractivity contribution in [3.05, 3.63) is 127 Å². The molecule has 0 aliphatic heterocycles. The predicted molar refractivity (Wildman–Crippen MR) is 186 cm³/mol. The molecule has 48 heavy (non-hydrogen) atoms. The average molecular weight is 657 g/mol. The van der Waals surface area contributed by atoms with E-state index in [1.807, 2.05) is 84.9 Å². The minimum atomic E-state index is -0.720. The number of carbonyl (C=O) groups excluding carboxylic acids is 3. The van der Waals surface area contributed by atoms with Crippen LogP contribution in [0, 0.1) is 5.92 Å². The van der Waals surface area contributed by atoms with Crippen molar-refractivity contribution >= 4 is 17.8 Å². The molecule has 0 aromatic heterocycles. The topological polar surface area (TPSA) is 123 Å². The third kappa shape index (κ3) is 14.8. The van der Waals surface area contributed by atoms with Gasteiger partial charge in [0.2, 0.25) is 11.8 Å². The summed E-state index contributed by atoms with van der Waals surface area (Å²) in [5, 5.41) is 15.8. The summed E-state index contributed by atoms with van der Waals surface area (Å²) in [4.78, 5) is 38.7. The monoisotopic (exact) mass is 656 g/mol. The number of aliphatic hydroxyl groups is 1. The molecule has 0 bridgehead atoms. The number of benzene rings is 3. The highest BCUT2D eigenvalue weighted by Gasteiger charge is 2.25. The summed E-state index contributed by atoms with van der Waals surface area (Å²) in [5.74, 6) is -1.12.